The average molecular weight is 452 g/mol. The van der Waals surface area contributed by atoms with Crippen LogP contribution in [0, 0.1) is 13.8 Å². The first-order valence-electron chi connectivity index (χ1n) is 11.5. The van der Waals surface area contributed by atoms with E-state index in [1.165, 1.54) is 22.3 Å². The second kappa shape index (κ2) is 12.4. The maximum Gasteiger partial charge on any atom is 0.126 e. The van der Waals surface area contributed by atoms with Crippen LogP contribution in [0.4, 0.5) is 5.69 Å². The van der Waals surface area contributed by atoms with Crippen LogP contribution in [0.3, 0.4) is 0 Å². The number of ether oxygens (including phenoxy) is 1. The van der Waals surface area contributed by atoms with Gasteiger partial charge in [-0.3, -0.25) is 0 Å². The van der Waals surface area contributed by atoms with Crippen LogP contribution in [-0.2, 0) is 0 Å². The molecule has 0 aliphatic carbocycles. The molecule has 0 bridgehead atoms. The molecule has 0 saturated heterocycles. The summed E-state index contributed by atoms with van der Waals surface area (Å²) >= 11 is 1.59. The van der Waals surface area contributed by atoms with Gasteiger partial charge in [-0.05, 0) is 54.3 Å². The smallest absolute Gasteiger partial charge is 0.126 e. The van der Waals surface area contributed by atoms with E-state index in [0.29, 0.717) is 6.61 Å². The topological polar surface area (TPSA) is 41.5 Å². The van der Waals surface area contributed by atoms with E-state index in [4.69, 9.17) is 4.74 Å². The van der Waals surface area contributed by atoms with Crippen molar-refractivity contribution in [2.75, 3.05) is 17.6 Å². The second-order valence-corrected chi connectivity index (χ2v) is 8.00. The molecule has 1 aliphatic rings. The number of anilines is 1. The van der Waals surface area contributed by atoms with Crippen molar-refractivity contribution in [2.24, 2.45) is 0 Å². The van der Waals surface area contributed by atoms with Crippen LogP contribution >= 0.6 is 11.9 Å². The molecule has 0 amide bonds. The highest BCUT2D eigenvalue weighted by Gasteiger charge is 2.33. The molecule has 4 rings (SSSR count). The lowest BCUT2D eigenvalue weighted by Crippen LogP contribution is -2.25. The molecule has 4 heteroatoms. The van der Waals surface area contributed by atoms with E-state index in [9.17, 15) is 5.11 Å². The molecule has 0 saturated carbocycles. The molecule has 0 aromatic heterocycles. The molecule has 1 aliphatic heterocycles. The maximum atomic E-state index is 9.90. The summed E-state index contributed by atoms with van der Waals surface area (Å²) in [7, 11) is 0. The van der Waals surface area contributed by atoms with Gasteiger partial charge in [-0.1, -0.05) is 76.0 Å². The van der Waals surface area contributed by atoms with Crippen molar-refractivity contribution < 1.29 is 9.84 Å². The van der Waals surface area contributed by atoms with Crippen LogP contribution < -0.4 is 9.46 Å². The first-order chi connectivity index (χ1) is 15.6. The molecule has 0 spiro atoms. The molecule has 2 N–H and O–H groups in total. The number of benzene rings is 3. The lowest BCUT2D eigenvalue weighted by atomic mass is 9.75. The zero-order valence-electron chi connectivity index (χ0n) is 20.4. The molecular formula is C28H37NO2S. The van der Waals surface area contributed by atoms with E-state index in [-0.39, 0.29) is 17.6 Å². The third kappa shape index (κ3) is 5.80. The Kier molecular flexibility index (Phi) is 9.98. The normalized spacial score (nSPS) is 16.3. The van der Waals surface area contributed by atoms with Crippen molar-refractivity contribution in [1.29, 1.82) is 0 Å². The van der Waals surface area contributed by atoms with Crippen molar-refractivity contribution >= 4 is 17.6 Å². The summed E-state index contributed by atoms with van der Waals surface area (Å²) in [5.41, 5.74) is 7.36. The van der Waals surface area contributed by atoms with E-state index in [1.54, 1.807) is 24.1 Å². The summed E-state index contributed by atoms with van der Waals surface area (Å²) in [6.07, 6.45) is 2.02. The number of aromatic hydroxyl groups is 1. The van der Waals surface area contributed by atoms with Gasteiger partial charge in [-0.25, -0.2) is 0 Å². The number of hydrogen-bond donors (Lipinski definition) is 2. The fourth-order valence-electron chi connectivity index (χ4n) is 3.97. The van der Waals surface area contributed by atoms with Gasteiger partial charge in [0.05, 0.1) is 6.61 Å². The number of phenolic OH excluding ortho intramolecular Hbond substituents is 1. The van der Waals surface area contributed by atoms with E-state index >= 15 is 0 Å². The second-order valence-electron chi connectivity index (χ2n) is 7.39. The number of phenols is 1. The molecule has 2 atom stereocenters. The summed E-state index contributed by atoms with van der Waals surface area (Å²) in [6, 6.07) is 20.8. The van der Waals surface area contributed by atoms with Gasteiger partial charge in [0, 0.05) is 35.4 Å². The fraction of sp³-hybridized carbons (Fsp3) is 0.357. The Morgan fingerprint density at radius 1 is 0.844 bits per heavy atom. The minimum absolute atomic E-state index is 0.176. The maximum absolute atomic E-state index is 9.90. The van der Waals surface area contributed by atoms with Gasteiger partial charge in [0.25, 0.3) is 0 Å². The van der Waals surface area contributed by atoms with Gasteiger partial charge in [0.15, 0.2) is 0 Å². The predicted molar refractivity (Wildman–Crippen MR) is 140 cm³/mol. The number of aryl methyl sites for hydroxylation is 2. The number of nitrogens with one attached hydrogen (secondary N) is 1. The summed E-state index contributed by atoms with van der Waals surface area (Å²) in [5.74, 6) is 1.41. The van der Waals surface area contributed by atoms with Crippen molar-refractivity contribution in [1.82, 2.24) is 0 Å². The number of hydrogen-bond acceptors (Lipinski definition) is 4. The van der Waals surface area contributed by atoms with Gasteiger partial charge in [-0.15, -0.1) is 0 Å². The van der Waals surface area contributed by atoms with Crippen LogP contribution in [-0.4, -0.2) is 18.0 Å². The Bertz CT molecular complexity index is 985. The molecule has 3 aromatic rings. The molecular weight excluding hydrogens is 414 g/mol. The molecule has 172 valence electrons. The number of fused-ring (bicyclic) bond motifs is 1. The van der Waals surface area contributed by atoms with Gasteiger partial charge in [0.2, 0.25) is 0 Å². The Morgan fingerprint density at radius 2 is 1.50 bits per heavy atom. The third-order valence-electron chi connectivity index (χ3n) is 5.60. The quantitative estimate of drug-likeness (QED) is 0.394. The summed E-state index contributed by atoms with van der Waals surface area (Å²) in [4.78, 5) is 0. The molecule has 3 nitrogen and oxygen atoms in total. The monoisotopic (exact) mass is 451 g/mol. The van der Waals surface area contributed by atoms with Crippen LogP contribution in [0.25, 0.3) is 0 Å². The highest BCUT2D eigenvalue weighted by molar-refractivity contribution is 7.99. The Balaban J connectivity index is 0.000000860. The number of rotatable bonds is 4. The van der Waals surface area contributed by atoms with E-state index < -0.39 is 0 Å². The third-order valence-corrected chi connectivity index (χ3v) is 6.04. The highest BCUT2D eigenvalue weighted by atomic mass is 32.2. The average Bonchev–Trinajstić information content (AvgIpc) is 2.83. The van der Waals surface area contributed by atoms with Crippen LogP contribution in [0.5, 0.6) is 11.5 Å². The lowest BCUT2D eigenvalue weighted by Gasteiger charge is -2.35. The Labute approximate surface area is 198 Å². The molecule has 3 aromatic carbocycles. The molecule has 0 radical (unpaired) electrons. The minimum atomic E-state index is 0.176. The van der Waals surface area contributed by atoms with Gasteiger partial charge >= 0.3 is 0 Å². The zero-order valence-corrected chi connectivity index (χ0v) is 21.2. The molecule has 1 heterocycles. The largest absolute Gasteiger partial charge is 0.508 e. The molecule has 2 unspecified atom stereocenters. The first-order valence-corrected chi connectivity index (χ1v) is 12.7. The van der Waals surface area contributed by atoms with Crippen molar-refractivity contribution in [3.05, 3.63) is 88.5 Å². The summed E-state index contributed by atoms with van der Waals surface area (Å²) < 4.78 is 9.36. The van der Waals surface area contributed by atoms with Crippen LogP contribution in [0.15, 0.2) is 60.7 Å². The van der Waals surface area contributed by atoms with Crippen molar-refractivity contribution in [3.63, 3.8) is 0 Å². The van der Waals surface area contributed by atoms with Crippen molar-refractivity contribution in [3.8, 4) is 11.5 Å². The standard InChI is InChI=1S/C24H25NO2S.2C2H6/c1-15-4-5-18(12-16(15)2)22-14-27-23-13-20(26)10-11-21(23)24(22)17-6-8-19(9-7-17)25-28-3;2*1-2/h4-13,22,24-26H,14H2,1-3H3;2*1-2H3. The van der Waals surface area contributed by atoms with E-state index in [0.717, 1.165) is 17.0 Å². The predicted octanol–water partition coefficient (Wildman–Crippen LogP) is 8.06. The van der Waals surface area contributed by atoms with E-state index in [2.05, 4.69) is 61.0 Å². The Hall–Kier alpha value is -2.59. The molecule has 32 heavy (non-hydrogen) atoms. The van der Waals surface area contributed by atoms with Gasteiger partial charge in [0.1, 0.15) is 11.5 Å². The van der Waals surface area contributed by atoms with Crippen molar-refractivity contribution in [2.45, 2.75) is 53.4 Å². The van der Waals surface area contributed by atoms with Gasteiger partial charge < -0.3 is 14.6 Å². The minimum Gasteiger partial charge on any atom is -0.508 e. The fourth-order valence-corrected chi connectivity index (χ4v) is 4.34. The van der Waals surface area contributed by atoms with Crippen LogP contribution in [0.1, 0.15) is 67.3 Å². The Morgan fingerprint density at radius 3 is 2.12 bits per heavy atom. The zero-order chi connectivity index (χ0) is 23.7. The molecule has 0 fully saturated rings. The van der Waals surface area contributed by atoms with Crippen LogP contribution in [0.2, 0.25) is 0 Å². The SMILES string of the molecule is CC.CC.CSNc1ccc(C2c3ccc(O)cc3OCC2c2ccc(C)c(C)c2)cc1. The van der Waals surface area contributed by atoms with E-state index in [1.807, 2.05) is 40.0 Å². The lowest BCUT2D eigenvalue weighted by molar-refractivity contribution is 0.247. The summed E-state index contributed by atoms with van der Waals surface area (Å²) in [6.45, 7) is 12.9. The first kappa shape index (κ1) is 25.7. The highest BCUT2D eigenvalue weighted by Crippen LogP contribution is 2.47. The van der Waals surface area contributed by atoms with Gasteiger partial charge in [-0.2, -0.15) is 0 Å². The summed E-state index contributed by atoms with van der Waals surface area (Å²) in [5, 5.41) is 9.90.